The van der Waals surface area contributed by atoms with Gasteiger partial charge in [-0.15, -0.1) is 11.3 Å². The van der Waals surface area contributed by atoms with Gasteiger partial charge in [0.25, 0.3) is 11.4 Å². The summed E-state index contributed by atoms with van der Waals surface area (Å²) in [5.74, 6) is -0.546. The first-order chi connectivity index (χ1) is 16.2. The number of ether oxygens (including phenoxy) is 2. The van der Waals surface area contributed by atoms with Crippen LogP contribution >= 0.6 is 11.3 Å². The number of carbonyl (C=O) groups excluding carboxylic acids is 3. The van der Waals surface area contributed by atoms with E-state index in [-0.39, 0.29) is 11.4 Å². The van der Waals surface area contributed by atoms with Gasteiger partial charge in [-0.25, -0.2) is 14.5 Å². The third-order valence-corrected chi connectivity index (χ3v) is 6.49. The molecule has 1 atom stereocenters. The van der Waals surface area contributed by atoms with Crippen molar-refractivity contribution in [2.45, 2.75) is 65.7 Å². The molecule has 0 spiro atoms. The molecule has 10 heteroatoms. The van der Waals surface area contributed by atoms with Gasteiger partial charge >= 0.3 is 12.2 Å². The fourth-order valence-electron chi connectivity index (χ4n) is 4.07. The quantitative estimate of drug-likeness (QED) is 0.341. The first-order valence-electron chi connectivity index (χ1n) is 11.3. The highest BCUT2D eigenvalue weighted by atomic mass is 32.1. The van der Waals surface area contributed by atoms with E-state index in [1.165, 1.54) is 22.4 Å². The molecule has 3 amide bonds. The molecule has 35 heavy (non-hydrogen) atoms. The first-order valence-corrected chi connectivity index (χ1v) is 12.2. The van der Waals surface area contributed by atoms with Crippen molar-refractivity contribution in [3.63, 3.8) is 0 Å². The van der Waals surface area contributed by atoms with Gasteiger partial charge in [0, 0.05) is 26.9 Å². The molecule has 0 saturated carbocycles. The topological polar surface area (TPSA) is 100 Å². The van der Waals surface area contributed by atoms with Crippen molar-refractivity contribution in [2.24, 2.45) is 0 Å². The van der Waals surface area contributed by atoms with E-state index in [2.05, 4.69) is 0 Å². The third kappa shape index (κ3) is 4.62. The Kier molecular flexibility index (Phi) is 5.91. The lowest BCUT2D eigenvalue weighted by molar-refractivity contribution is -0.884. The van der Waals surface area contributed by atoms with Crippen LogP contribution in [0.25, 0.3) is 21.0 Å². The van der Waals surface area contributed by atoms with Crippen LogP contribution in [-0.2, 0) is 9.47 Å². The maximum Gasteiger partial charge on any atom is 0.417 e. The zero-order chi connectivity index (χ0) is 25.9. The number of fused-ring (bicyclic) bond motifs is 5. The van der Waals surface area contributed by atoms with Gasteiger partial charge in [0.05, 0.1) is 23.7 Å². The van der Waals surface area contributed by atoms with Crippen molar-refractivity contribution in [1.29, 1.82) is 0 Å². The van der Waals surface area contributed by atoms with E-state index >= 15 is 0 Å². The number of benzene rings is 1. The highest BCUT2D eigenvalue weighted by Crippen LogP contribution is 2.44. The molecule has 186 valence electrons. The largest absolute Gasteiger partial charge is 0.443 e. The smallest absolute Gasteiger partial charge is 0.417 e. The summed E-state index contributed by atoms with van der Waals surface area (Å²) in [4.78, 5) is 43.0. The van der Waals surface area contributed by atoms with E-state index in [0.29, 0.717) is 22.0 Å². The normalized spacial score (nSPS) is 16.9. The minimum Gasteiger partial charge on any atom is -0.443 e. The Morgan fingerprint density at radius 1 is 1.06 bits per heavy atom. The molecule has 1 aromatic carbocycles. The number of hydrogen-bond acceptors (Lipinski definition) is 7. The van der Waals surface area contributed by atoms with Crippen molar-refractivity contribution in [1.82, 2.24) is 4.90 Å². The Morgan fingerprint density at radius 3 is 2.31 bits per heavy atom. The lowest BCUT2D eigenvalue weighted by Gasteiger charge is -2.31. The standard InChI is InChI=1S/C25H30N3O6S/c1-14-13-26(22(30)33-24(2,3)4)19-18-15-9-8-12-27(32)16(15)10-11-17(18)35-20(19)21(29)28(14)23(31)34-25(5,6)7/h8-12,14,32H,13H2,1-7H3/q+1. The lowest BCUT2D eigenvalue weighted by Crippen LogP contribution is -2.49. The monoisotopic (exact) mass is 500 g/mol. The summed E-state index contributed by atoms with van der Waals surface area (Å²) in [6, 6.07) is 6.33. The van der Waals surface area contributed by atoms with Crippen molar-refractivity contribution < 1.29 is 33.8 Å². The molecule has 1 aliphatic rings. The van der Waals surface area contributed by atoms with E-state index in [1.54, 1.807) is 66.7 Å². The number of nitrogens with zero attached hydrogens (tertiary/aromatic N) is 3. The number of aromatic nitrogens is 1. The minimum absolute atomic E-state index is 0.0150. The van der Waals surface area contributed by atoms with Gasteiger partial charge < -0.3 is 9.47 Å². The Morgan fingerprint density at radius 2 is 1.69 bits per heavy atom. The molecule has 9 nitrogen and oxygen atoms in total. The van der Waals surface area contributed by atoms with Crippen LogP contribution in [0, 0.1) is 0 Å². The van der Waals surface area contributed by atoms with Gasteiger partial charge in [-0.2, -0.15) is 0 Å². The van der Waals surface area contributed by atoms with Crippen molar-refractivity contribution >= 4 is 56.1 Å². The number of rotatable bonds is 0. The maximum absolute atomic E-state index is 13.8. The van der Waals surface area contributed by atoms with Crippen LogP contribution in [0.1, 0.15) is 58.1 Å². The fraction of sp³-hybridized carbons (Fsp3) is 0.440. The van der Waals surface area contributed by atoms with E-state index in [0.717, 1.165) is 14.3 Å². The molecular weight excluding hydrogens is 470 g/mol. The van der Waals surface area contributed by atoms with E-state index in [4.69, 9.17) is 9.47 Å². The molecule has 0 fully saturated rings. The third-order valence-electron chi connectivity index (χ3n) is 5.36. The van der Waals surface area contributed by atoms with Gasteiger partial charge in [-0.3, -0.25) is 14.9 Å². The summed E-state index contributed by atoms with van der Waals surface area (Å²) in [5, 5.41) is 11.6. The van der Waals surface area contributed by atoms with Gasteiger partial charge in [0.15, 0.2) is 0 Å². The van der Waals surface area contributed by atoms with Gasteiger partial charge in [-0.1, -0.05) is 0 Å². The van der Waals surface area contributed by atoms with E-state index < -0.39 is 35.3 Å². The number of anilines is 1. The van der Waals surface area contributed by atoms with Crippen LogP contribution in [0.4, 0.5) is 15.3 Å². The van der Waals surface area contributed by atoms with Crippen LogP contribution in [-0.4, -0.2) is 52.0 Å². The molecule has 0 aliphatic carbocycles. The summed E-state index contributed by atoms with van der Waals surface area (Å²) >= 11 is 1.18. The maximum atomic E-state index is 13.8. The molecule has 3 heterocycles. The molecule has 2 aromatic heterocycles. The van der Waals surface area contributed by atoms with E-state index in [9.17, 15) is 19.6 Å². The van der Waals surface area contributed by atoms with Gasteiger partial charge in [0.1, 0.15) is 16.1 Å². The van der Waals surface area contributed by atoms with Gasteiger partial charge in [0.2, 0.25) is 6.20 Å². The van der Waals surface area contributed by atoms with Gasteiger partial charge in [-0.05, 0) is 60.6 Å². The number of imide groups is 1. The van der Waals surface area contributed by atoms with Crippen molar-refractivity contribution in [3.8, 4) is 0 Å². The number of pyridine rings is 1. The Bertz CT molecular complexity index is 1350. The highest BCUT2D eigenvalue weighted by molar-refractivity contribution is 7.21. The zero-order valence-electron chi connectivity index (χ0n) is 20.9. The van der Waals surface area contributed by atoms with Crippen LogP contribution in [0.5, 0.6) is 0 Å². The van der Waals surface area contributed by atoms with E-state index in [1.807, 2.05) is 6.07 Å². The molecule has 0 saturated heterocycles. The zero-order valence-corrected chi connectivity index (χ0v) is 21.7. The lowest BCUT2D eigenvalue weighted by atomic mass is 10.1. The number of amides is 3. The average Bonchev–Trinajstić information content (AvgIpc) is 3.04. The molecule has 1 unspecified atom stereocenters. The summed E-state index contributed by atoms with van der Waals surface area (Å²) in [6.07, 6.45) is 0.0962. The SMILES string of the molecule is CC1CN(C(=O)OC(C)(C)C)c2c(sc3ccc4c(ccc[n+]4O)c23)C(=O)N1C(=O)OC(C)(C)C. The summed E-state index contributed by atoms with van der Waals surface area (Å²) in [7, 11) is 0. The summed E-state index contributed by atoms with van der Waals surface area (Å²) < 4.78 is 12.9. The molecule has 3 aromatic rings. The number of thiophene rings is 1. The second kappa shape index (κ2) is 8.37. The predicted octanol–water partition coefficient (Wildman–Crippen LogP) is 5.10. The van der Waals surface area contributed by atoms with Crippen LogP contribution in [0.15, 0.2) is 30.5 Å². The molecule has 1 N–H and O–H groups in total. The predicted molar refractivity (Wildman–Crippen MR) is 132 cm³/mol. The second-order valence-electron chi connectivity index (χ2n) is 10.6. The van der Waals surface area contributed by atoms with Crippen LogP contribution in [0.2, 0.25) is 0 Å². The summed E-state index contributed by atoms with van der Waals surface area (Å²) in [6.45, 7) is 12.2. The van der Waals surface area contributed by atoms with Crippen LogP contribution in [0.3, 0.4) is 0 Å². The molecule has 0 radical (unpaired) electrons. The molecular formula is C25H30N3O6S+. The number of carbonyl (C=O) groups is 3. The molecule has 0 bridgehead atoms. The van der Waals surface area contributed by atoms with Crippen molar-refractivity contribution in [3.05, 3.63) is 35.3 Å². The fourth-order valence-corrected chi connectivity index (χ4v) is 5.22. The number of hydrogen-bond donors (Lipinski definition) is 1. The summed E-state index contributed by atoms with van der Waals surface area (Å²) in [5.41, 5.74) is -0.705. The Balaban J connectivity index is 1.98. The average molecular weight is 501 g/mol. The minimum atomic E-state index is -0.803. The van der Waals surface area contributed by atoms with Crippen LogP contribution < -0.4 is 9.63 Å². The molecule has 1 aliphatic heterocycles. The van der Waals surface area contributed by atoms with Crippen molar-refractivity contribution in [2.75, 3.05) is 11.4 Å². The highest BCUT2D eigenvalue weighted by Gasteiger charge is 2.42. The first kappa shape index (κ1) is 24.7. The Labute approximate surface area is 207 Å². The second-order valence-corrected chi connectivity index (χ2v) is 11.7. The molecule has 4 rings (SSSR count). The Hall–Kier alpha value is -3.40.